The molecule has 2 N–H and O–H groups in total. The van der Waals surface area contributed by atoms with E-state index >= 15 is 0 Å². The second-order valence-electron chi connectivity index (χ2n) is 5.39. The lowest BCUT2D eigenvalue weighted by atomic mass is 10.0. The van der Waals surface area contributed by atoms with Crippen molar-refractivity contribution in [1.29, 1.82) is 0 Å². The van der Waals surface area contributed by atoms with Crippen molar-refractivity contribution in [3.8, 4) is 0 Å². The van der Waals surface area contributed by atoms with E-state index in [9.17, 15) is 9.59 Å². The van der Waals surface area contributed by atoms with Gasteiger partial charge in [-0.05, 0) is 12.3 Å². The molecule has 102 valence electrons. The number of aryl methyl sites for hydroxylation is 2. The molecular weight excluding hydrogens is 244 g/mol. The molecule has 6 heteroatoms. The van der Waals surface area contributed by atoms with Crippen molar-refractivity contribution in [1.82, 2.24) is 19.5 Å². The largest absolute Gasteiger partial charge is 0.336 e. The fourth-order valence-electron chi connectivity index (χ4n) is 2.91. The van der Waals surface area contributed by atoms with E-state index in [1.54, 1.807) is 7.05 Å². The van der Waals surface area contributed by atoms with Crippen LogP contribution in [0.2, 0.25) is 0 Å². The van der Waals surface area contributed by atoms with Gasteiger partial charge in [0.25, 0.3) is 5.56 Å². The van der Waals surface area contributed by atoms with Gasteiger partial charge in [0.05, 0.1) is 0 Å². The Balaban J connectivity index is 1.89. The van der Waals surface area contributed by atoms with Crippen LogP contribution in [0.25, 0.3) is 11.2 Å². The molecule has 0 saturated heterocycles. The number of H-pyrrole nitrogens is 2. The number of rotatable bonds is 3. The van der Waals surface area contributed by atoms with Gasteiger partial charge < -0.3 is 4.98 Å². The summed E-state index contributed by atoms with van der Waals surface area (Å²) in [4.78, 5) is 32.9. The molecule has 0 atom stereocenters. The molecule has 1 aliphatic rings. The zero-order valence-electron chi connectivity index (χ0n) is 11.0. The van der Waals surface area contributed by atoms with Crippen molar-refractivity contribution < 1.29 is 0 Å². The molecule has 1 aliphatic carbocycles. The monoisotopic (exact) mass is 262 g/mol. The van der Waals surface area contributed by atoms with Crippen molar-refractivity contribution >= 4 is 11.2 Å². The minimum atomic E-state index is -0.425. The molecule has 3 rings (SSSR count). The summed E-state index contributed by atoms with van der Waals surface area (Å²) in [5.41, 5.74) is 0.0164. The minimum absolute atomic E-state index is 0.391. The summed E-state index contributed by atoms with van der Waals surface area (Å²) in [6.45, 7) is 0. The Hall–Kier alpha value is -1.85. The van der Waals surface area contributed by atoms with Crippen molar-refractivity contribution in [3.05, 3.63) is 26.7 Å². The highest BCUT2D eigenvalue weighted by molar-refractivity contribution is 5.69. The molecule has 1 saturated carbocycles. The summed E-state index contributed by atoms with van der Waals surface area (Å²) in [6.07, 6.45) is 7.22. The SMILES string of the molecule is Cn1c(=O)[nH]c(=O)c2[nH]c(CCC3CCCC3)nc21. The second-order valence-corrected chi connectivity index (χ2v) is 5.39. The average Bonchev–Trinajstić information content (AvgIpc) is 3.03. The molecule has 6 nitrogen and oxygen atoms in total. The van der Waals surface area contributed by atoms with E-state index < -0.39 is 11.2 Å². The van der Waals surface area contributed by atoms with E-state index in [0.29, 0.717) is 11.2 Å². The molecule has 0 aliphatic heterocycles. The summed E-state index contributed by atoms with van der Waals surface area (Å²) < 4.78 is 1.37. The van der Waals surface area contributed by atoms with Gasteiger partial charge in [-0.15, -0.1) is 0 Å². The maximum Gasteiger partial charge on any atom is 0.329 e. The van der Waals surface area contributed by atoms with E-state index in [0.717, 1.165) is 24.6 Å². The van der Waals surface area contributed by atoms with E-state index in [-0.39, 0.29) is 0 Å². The van der Waals surface area contributed by atoms with Crippen LogP contribution < -0.4 is 11.2 Å². The topological polar surface area (TPSA) is 83.5 Å². The predicted molar refractivity (Wildman–Crippen MR) is 72.2 cm³/mol. The number of hydrogen-bond donors (Lipinski definition) is 2. The van der Waals surface area contributed by atoms with Gasteiger partial charge in [0.15, 0.2) is 5.65 Å². The van der Waals surface area contributed by atoms with Crippen LogP contribution in [-0.4, -0.2) is 19.5 Å². The number of fused-ring (bicyclic) bond motifs is 1. The molecule has 19 heavy (non-hydrogen) atoms. The Bertz CT molecular complexity index is 703. The number of imidazole rings is 1. The highest BCUT2D eigenvalue weighted by Gasteiger charge is 2.16. The molecule has 0 spiro atoms. The third-order valence-corrected chi connectivity index (χ3v) is 4.07. The molecule has 0 amide bonds. The van der Waals surface area contributed by atoms with Gasteiger partial charge >= 0.3 is 5.69 Å². The van der Waals surface area contributed by atoms with E-state index in [2.05, 4.69) is 15.0 Å². The van der Waals surface area contributed by atoms with Gasteiger partial charge in [-0.25, -0.2) is 9.78 Å². The molecule has 0 aromatic carbocycles. The Morgan fingerprint density at radius 1 is 1.26 bits per heavy atom. The molecule has 0 radical (unpaired) electrons. The van der Waals surface area contributed by atoms with Crippen molar-refractivity contribution in [2.45, 2.75) is 38.5 Å². The highest BCUT2D eigenvalue weighted by Crippen LogP contribution is 2.28. The molecule has 0 unspecified atom stereocenters. The molecule has 0 bridgehead atoms. The summed E-state index contributed by atoms with van der Waals surface area (Å²) in [7, 11) is 1.61. The van der Waals surface area contributed by atoms with Crippen LogP contribution in [0.3, 0.4) is 0 Å². The normalized spacial score (nSPS) is 16.5. The molecule has 2 aromatic rings. The van der Waals surface area contributed by atoms with Gasteiger partial charge in [0, 0.05) is 13.5 Å². The zero-order valence-corrected chi connectivity index (χ0v) is 11.0. The fraction of sp³-hybridized carbons (Fsp3) is 0.615. The first-order chi connectivity index (χ1) is 9.15. The Kier molecular flexibility index (Phi) is 3.00. The minimum Gasteiger partial charge on any atom is -0.336 e. The Labute approximate surface area is 109 Å². The van der Waals surface area contributed by atoms with Crippen molar-refractivity contribution in [2.75, 3.05) is 0 Å². The van der Waals surface area contributed by atoms with Crippen LogP contribution in [-0.2, 0) is 13.5 Å². The van der Waals surface area contributed by atoms with E-state index in [1.807, 2.05) is 0 Å². The molecular formula is C13H18N4O2. The number of hydrogen-bond acceptors (Lipinski definition) is 3. The summed E-state index contributed by atoms with van der Waals surface area (Å²) in [6, 6.07) is 0. The average molecular weight is 262 g/mol. The van der Waals surface area contributed by atoms with Crippen LogP contribution in [0.1, 0.15) is 37.9 Å². The first kappa shape index (κ1) is 12.2. The van der Waals surface area contributed by atoms with Gasteiger partial charge in [-0.1, -0.05) is 25.7 Å². The number of nitrogens with zero attached hydrogens (tertiary/aromatic N) is 2. The third kappa shape index (κ3) is 2.22. The first-order valence-electron chi connectivity index (χ1n) is 6.83. The number of aromatic nitrogens is 4. The lowest BCUT2D eigenvalue weighted by Gasteiger charge is -2.05. The van der Waals surface area contributed by atoms with Crippen LogP contribution in [0.5, 0.6) is 0 Å². The van der Waals surface area contributed by atoms with Crippen LogP contribution in [0, 0.1) is 5.92 Å². The standard InChI is InChI=1S/C13H18N4O2/c1-17-11-10(12(18)16-13(17)19)14-9(15-11)7-6-8-4-2-3-5-8/h8H,2-7H2,1H3,(H,14,15)(H,16,18,19). The highest BCUT2D eigenvalue weighted by atomic mass is 16.2. The van der Waals surface area contributed by atoms with Gasteiger partial charge in [0.2, 0.25) is 0 Å². The Morgan fingerprint density at radius 2 is 2.00 bits per heavy atom. The van der Waals surface area contributed by atoms with Gasteiger partial charge in [-0.3, -0.25) is 14.3 Å². The molecule has 1 fully saturated rings. The third-order valence-electron chi connectivity index (χ3n) is 4.07. The van der Waals surface area contributed by atoms with Crippen molar-refractivity contribution in [2.24, 2.45) is 13.0 Å². The predicted octanol–water partition coefficient (Wildman–Crippen LogP) is 1.07. The zero-order chi connectivity index (χ0) is 13.4. The van der Waals surface area contributed by atoms with Gasteiger partial charge in [0.1, 0.15) is 11.3 Å². The summed E-state index contributed by atoms with van der Waals surface area (Å²) >= 11 is 0. The first-order valence-corrected chi connectivity index (χ1v) is 6.83. The number of aromatic amines is 2. The lowest BCUT2D eigenvalue weighted by molar-refractivity contribution is 0.498. The van der Waals surface area contributed by atoms with Crippen LogP contribution >= 0.6 is 0 Å². The van der Waals surface area contributed by atoms with E-state index in [1.165, 1.54) is 30.3 Å². The Morgan fingerprint density at radius 3 is 2.74 bits per heavy atom. The number of nitrogens with one attached hydrogen (secondary N) is 2. The molecule has 2 heterocycles. The quantitative estimate of drug-likeness (QED) is 0.868. The van der Waals surface area contributed by atoms with Crippen molar-refractivity contribution in [3.63, 3.8) is 0 Å². The smallest absolute Gasteiger partial charge is 0.329 e. The summed E-state index contributed by atoms with van der Waals surface area (Å²) in [5, 5.41) is 0. The van der Waals surface area contributed by atoms with Crippen LogP contribution in [0.4, 0.5) is 0 Å². The van der Waals surface area contributed by atoms with Crippen LogP contribution in [0.15, 0.2) is 9.59 Å². The fourth-order valence-corrected chi connectivity index (χ4v) is 2.91. The maximum absolute atomic E-state index is 11.7. The van der Waals surface area contributed by atoms with E-state index in [4.69, 9.17) is 0 Å². The van der Waals surface area contributed by atoms with Gasteiger partial charge in [-0.2, -0.15) is 0 Å². The molecule has 2 aromatic heterocycles. The second kappa shape index (κ2) is 4.68. The summed E-state index contributed by atoms with van der Waals surface area (Å²) in [5.74, 6) is 1.59. The maximum atomic E-state index is 11.7. The lowest BCUT2D eigenvalue weighted by Crippen LogP contribution is -2.28.